The second-order valence-electron chi connectivity index (χ2n) is 7.08. The summed E-state index contributed by atoms with van der Waals surface area (Å²) in [4.78, 5) is 12.2. The summed E-state index contributed by atoms with van der Waals surface area (Å²) in [5, 5.41) is 2.83. The molecule has 0 unspecified atom stereocenters. The van der Waals surface area contributed by atoms with Gasteiger partial charge in [-0.05, 0) is 43.2 Å². The van der Waals surface area contributed by atoms with Crippen molar-refractivity contribution in [3.63, 3.8) is 0 Å². The first-order valence-electron chi connectivity index (χ1n) is 9.52. The quantitative estimate of drug-likeness (QED) is 0.712. The minimum absolute atomic E-state index is 0.148. The smallest absolute Gasteiger partial charge is 0.232 e. The van der Waals surface area contributed by atoms with E-state index in [2.05, 4.69) is 5.32 Å². The van der Waals surface area contributed by atoms with Gasteiger partial charge in [-0.2, -0.15) is 0 Å². The van der Waals surface area contributed by atoms with Crippen LogP contribution in [0.1, 0.15) is 18.4 Å². The third-order valence-corrected chi connectivity index (χ3v) is 5.74. The van der Waals surface area contributed by atoms with E-state index >= 15 is 0 Å². The van der Waals surface area contributed by atoms with Crippen LogP contribution in [0, 0.1) is 6.92 Å². The Morgan fingerprint density at radius 3 is 2.66 bits per heavy atom. The highest BCUT2D eigenvalue weighted by molar-refractivity contribution is 7.92. The van der Waals surface area contributed by atoms with Gasteiger partial charge < -0.3 is 14.8 Å². The number of benzene rings is 2. The van der Waals surface area contributed by atoms with Crippen LogP contribution in [-0.4, -0.2) is 46.4 Å². The number of sulfonamides is 1. The van der Waals surface area contributed by atoms with Gasteiger partial charge in [-0.15, -0.1) is 0 Å². The van der Waals surface area contributed by atoms with Crippen molar-refractivity contribution in [3.8, 4) is 11.5 Å². The minimum Gasteiger partial charge on any atom is -0.486 e. The Balaban J connectivity index is 1.46. The summed E-state index contributed by atoms with van der Waals surface area (Å²) >= 11 is 0. The fourth-order valence-corrected chi connectivity index (χ4v) is 4.09. The minimum atomic E-state index is -3.43. The summed E-state index contributed by atoms with van der Waals surface area (Å²) in [6, 6.07) is 14.7. The van der Waals surface area contributed by atoms with Gasteiger partial charge in [0.1, 0.15) is 12.7 Å². The molecule has 1 atom stereocenters. The van der Waals surface area contributed by atoms with Crippen LogP contribution in [0.3, 0.4) is 0 Å². The second kappa shape index (κ2) is 9.17. The molecular formula is C21H26N2O5S. The molecule has 1 N–H and O–H groups in total. The van der Waals surface area contributed by atoms with Gasteiger partial charge in [-0.25, -0.2) is 8.42 Å². The predicted molar refractivity (Wildman–Crippen MR) is 112 cm³/mol. The molecule has 8 heteroatoms. The van der Waals surface area contributed by atoms with Crippen molar-refractivity contribution in [1.82, 2.24) is 5.32 Å². The van der Waals surface area contributed by atoms with Crippen LogP contribution in [0.25, 0.3) is 0 Å². The maximum atomic E-state index is 12.2. The Morgan fingerprint density at radius 1 is 1.17 bits per heavy atom. The van der Waals surface area contributed by atoms with E-state index in [4.69, 9.17) is 9.47 Å². The molecule has 156 valence electrons. The number of nitrogens with zero attached hydrogens (tertiary/aromatic N) is 1. The predicted octanol–water partition coefficient (Wildman–Crippen LogP) is 2.50. The number of hydrogen-bond donors (Lipinski definition) is 1. The van der Waals surface area contributed by atoms with Crippen molar-refractivity contribution in [2.24, 2.45) is 0 Å². The normalized spacial score (nSPS) is 15.6. The number of aryl methyl sites for hydroxylation is 1. The van der Waals surface area contributed by atoms with E-state index in [0.717, 1.165) is 5.56 Å². The van der Waals surface area contributed by atoms with Crippen molar-refractivity contribution < 1.29 is 22.7 Å². The number of nitrogens with one attached hydrogen (secondary N) is 1. The van der Waals surface area contributed by atoms with Gasteiger partial charge in [-0.3, -0.25) is 9.10 Å². The van der Waals surface area contributed by atoms with E-state index in [9.17, 15) is 13.2 Å². The lowest BCUT2D eigenvalue weighted by Crippen LogP contribution is -2.41. The van der Waals surface area contributed by atoms with Crippen molar-refractivity contribution in [1.29, 1.82) is 0 Å². The van der Waals surface area contributed by atoms with Gasteiger partial charge in [-0.1, -0.05) is 24.3 Å². The first-order valence-corrected chi connectivity index (χ1v) is 11.4. The van der Waals surface area contributed by atoms with Crippen molar-refractivity contribution in [2.75, 3.05) is 30.3 Å². The summed E-state index contributed by atoms with van der Waals surface area (Å²) in [6.45, 7) is 2.85. The number of fused-ring (bicyclic) bond motifs is 1. The summed E-state index contributed by atoms with van der Waals surface area (Å²) < 4.78 is 37.1. The third-order valence-electron chi connectivity index (χ3n) is 4.55. The third kappa shape index (κ3) is 5.87. The molecule has 1 aliphatic heterocycles. The lowest BCUT2D eigenvalue weighted by Gasteiger charge is -2.26. The number of rotatable bonds is 8. The Bertz CT molecular complexity index is 961. The number of carbonyl (C=O) groups is 1. The topological polar surface area (TPSA) is 84.9 Å². The van der Waals surface area contributed by atoms with Gasteiger partial charge in [0.25, 0.3) is 0 Å². The van der Waals surface area contributed by atoms with Crippen LogP contribution in [0.2, 0.25) is 0 Å². The number of para-hydroxylation sites is 2. The number of amides is 1. The molecular weight excluding hydrogens is 392 g/mol. The molecule has 1 amide bonds. The Hall–Kier alpha value is -2.74. The van der Waals surface area contributed by atoms with Gasteiger partial charge in [0.05, 0.1) is 18.5 Å². The lowest BCUT2D eigenvalue weighted by atomic mass is 10.2. The molecule has 7 nitrogen and oxygen atoms in total. The number of hydrogen-bond acceptors (Lipinski definition) is 5. The molecule has 3 rings (SSSR count). The Labute approximate surface area is 171 Å². The summed E-state index contributed by atoms with van der Waals surface area (Å²) in [7, 11) is -3.43. The number of carbonyl (C=O) groups excluding carboxylic acids is 1. The van der Waals surface area contributed by atoms with Gasteiger partial charge in [0.15, 0.2) is 11.5 Å². The van der Waals surface area contributed by atoms with Crippen molar-refractivity contribution >= 4 is 21.6 Å². The SMILES string of the molecule is Cc1cccc(N(CCCC(=O)NC[C@H]2COc3ccccc3O2)S(C)(=O)=O)c1. The van der Waals surface area contributed by atoms with Crippen LogP contribution >= 0.6 is 0 Å². The number of anilines is 1. The van der Waals surface area contributed by atoms with Crippen LogP contribution < -0.4 is 19.1 Å². The van der Waals surface area contributed by atoms with E-state index in [-0.39, 0.29) is 25.0 Å². The molecule has 2 aromatic carbocycles. The average molecular weight is 419 g/mol. The molecule has 0 fully saturated rings. The first-order chi connectivity index (χ1) is 13.8. The molecule has 29 heavy (non-hydrogen) atoms. The van der Waals surface area contributed by atoms with E-state index in [0.29, 0.717) is 36.8 Å². The molecule has 1 heterocycles. The molecule has 0 radical (unpaired) electrons. The molecule has 0 aliphatic carbocycles. The zero-order valence-corrected chi connectivity index (χ0v) is 17.4. The summed E-state index contributed by atoms with van der Waals surface area (Å²) in [6.07, 6.45) is 1.56. The zero-order valence-electron chi connectivity index (χ0n) is 16.6. The molecule has 1 aliphatic rings. The van der Waals surface area contributed by atoms with Crippen molar-refractivity contribution in [3.05, 3.63) is 54.1 Å². The van der Waals surface area contributed by atoms with Crippen LogP contribution in [0.5, 0.6) is 11.5 Å². The molecule has 2 aromatic rings. The van der Waals surface area contributed by atoms with Crippen molar-refractivity contribution in [2.45, 2.75) is 25.9 Å². The molecule has 0 spiro atoms. The maximum Gasteiger partial charge on any atom is 0.232 e. The molecule has 0 saturated heterocycles. The maximum absolute atomic E-state index is 12.2. The monoisotopic (exact) mass is 418 g/mol. The van der Waals surface area contributed by atoms with E-state index in [1.807, 2.05) is 49.4 Å². The first kappa shape index (κ1) is 21.0. The Morgan fingerprint density at radius 2 is 1.93 bits per heavy atom. The molecule has 0 aromatic heterocycles. The molecule has 0 saturated carbocycles. The fourth-order valence-electron chi connectivity index (χ4n) is 3.13. The number of ether oxygens (including phenoxy) is 2. The van der Waals surface area contributed by atoms with E-state index in [1.54, 1.807) is 6.07 Å². The fraction of sp³-hybridized carbons (Fsp3) is 0.381. The van der Waals surface area contributed by atoms with Gasteiger partial charge in [0.2, 0.25) is 15.9 Å². The van der Waals surface area contributed by atoms with E-state index in [1.165, 1.54) is 10.6 Å². The second-order valence-corrected chi connectivity index (χ2v) is 8.99. The standard InChI is InChI=1S/C21H26N2O5S/c1-16-7-5-8-17(13-16)23(29(2,25)26)12-6-11-21(24)22-14-18-15-27-19-9-3-4-10-20(19)28-18/h3-5,7-10,13,18H,6,11-12,14-15H2,1-2H3,(H,22,24)/t18-/m0/s1. The summed E-state index contributed by atoms with van der Waals surface area (Å²) in [5.74, 6) is 1.22. The van der Waals surface area contributed by atoms with E-state index < -0.39 is 10.0 Å². The Kier molecular flexibility index (Phi) is 6.64. The average Bonchev–Trinajstić information content (AvgIpc) is 2.68. The summed E-state index contributed by atoms with van der Waals surface area (Å²) in [5.41, 5.74) is 1.59. The van der Waals surface area contributed by atoms with Crippen LogP contribution in [0.15, 0.2) is 48.5 Å². The zero-order chi connectivity index (χ0) is 20.9. The molecule has 0 bridgehead atoms. The van der Waals surface area contributed by atoms with Gasteiger partial charge >= 0.3 is 0 Å². The largest absolute Gasteiger partial charge is 0.486 e. The highest BCUT2D eigenvalue weighted by atomic mass is 32.2. The highest BCUT2D eigenvalue weighted by Crippen LogP contribution is 2.30. The lowest BCUT2D eigenvalue weighted by molar-refractivity contribution is -0.121. The van der Waals surface area contributed by atoms with Crippen LogP contribution in [-0.2, 0) is 14.8 Å². The highest BCUT2D eigenvalue weighted by Gasteiger charge is 2.21. The van der Waals surface area contributed by atoms with Crippen LogP contribution in [0.4, 0.5) is 5.69 Å². The van der Waals surface area contributed by atoms with Gasteiger partial charge in [0, 0.05) is 13.0 Å².